The smallest absolute Gasteiger partial charge is 0.356 e. The average Bonchev–Trinajstić information content (AvgIpc) is 2.77. The summed E-state index contributed by atoms with van der Waals surface area (Å²) < 4.78 is 92.2. The van der Waals surface area contributed by atoms with Crippen LogP contribution in [0.1, 0.15) is 48.9 Å². The number of pyridine rings is 1. The largest absolute Gasteiger partial charge is 0.433 e. The highest BCUT2D eigenvalue weighted by molar-refractivity contribution is 7.92. The topological polar surface area (TPSA) is 79.4 Å². The van der Waals surface area contributed by atoms with E-state index in [2.05, 4.69) is 4.98 Å². The second-order valence-corrected chi connectivity index (χ2v) is 10.4. The molecule has 35 heavy (non-hydrogen) atoms. The van der Waals surface area contributed by atoms with Crippen molar-refractivity contribution in [1.82, 2.24) is 4.98 Å². The number of benzene rings is 1. The third kappa shape index (κ3) is 7.12. The number of nitrogens with one attached hydrogen (secondary N) is 1. The maximum absolute atomic E-state index is 14.3. The van der Waals surface area contributed by atoms with Crippen molar-refractivity contribution in [2.45, 2.75) is 50.9 Å². The molecule has 12 heteroatoms. The highest BCUT2D eigenvalue weighted by Crippen LogP contribution is 2.33. The van der Waals surface area contributed by atoms with Gasteiger partial charge in [0, 0.05) is 25.4 Å². The van der Waals surface area contributed by atoms with Gasteiger partial charge in [-0.3, -0.25) is 9.52 Å². The maximum atomic E-state index is 14.3. The zero-order chi connectivity index (χ0) is 26.0. The van der Waals surface area contributed by atoms with Crippen molar-refractivity contribution in [1.29, 1.82) is 0 Å². The first-order valence-electron chi connectivity index (χ1n) is 11.0. The first-order chi connectivity index (χ1) is 16.2. The van der Waals surface area contributed by atoms with Gasteiger partial charge in [-0.15, -0.1) is 0 Å². The van der Waals surface area contributed by atoms with Crippen molar-refractivity contribution in [2.24, 2.45) is 0 Å². The van der Waals surface area contributed by atoms with Gasteiger partial charge in [0.1, 0.15) is 29.3 Å². The van der Waals surface area contributed by atoms with Gasteiger partial charge in [-0.1, -0.05) is 19.1 Å². The fraction of sp³-hybridized carbons (Fsp3) is 0.478. The van der Waals surface area contributed by atoms with E-state index in [0.717, 1.165) is 18.4 Å². The van der Waals surface area contributed by atoms with Crippen molar-refractivity contribution in [3.8, 4) is 0 Å². The number of rotatable bonds is 8. The highest BCUT2D eigenvalue weighted by Gasteiger charge is 2.34. The van der Waals surface area contributed by atoms with Crippen LogP contribution in [0.25, 0.3) is 0 Å². The van der Waals surface area contributed by atoms with Gasteiger partial charge in [0.2, 0.25) is 10.0 Å². The Balaban J connectivity index is 1.75. The van der Waals surface area contributed by atoms with Gasteiger partial charge >= 0.3 is 6.18 Å². The molecule has 0 spiro atoms. The lowest BCUT2D eigenvalue weighted by molar-refractivity contribution is -0.141. The summed E-state index contributed by atoms with van der Waals surface area (Å²) >= 11 is 0. The van der Waals surface area contributed by atoms with Crippen molar-refractivity contribution in [2.75, 3.05) is 29.0 Å². The maximum Gasteiger partial charge on any atom is 0.433 e. The van der Waals surface area contributed by atoms with Gasteiger partial charge in [-0.05, 0) is 48.6 Å². The Morgan fingerprint density at radius 1 is 1.20 bits per heavy atom. The summed E-state index contributed by atoms with van der Waals surface area (Å²) in [6.45, 7) is 2.01. The lowest BCUT2D eigenvalue weighted by Gasteiger charge is -2.31. The molecule has 6 nitrogen and oxygen atoms in total. The van der Waals surface area contributed by atoms with E-state index < -0.39 is 39.8 Å². The van der Waals surface area contributed by atoms with Gasteiger partial charge < -0.3 is 4.90 Å². The molecule has 0 saturated carbocycles. The number of carbonyl (C=O) groups is 1. The standard InChI is InChI=1S/C23H26F5N3O3S/c1-14(16-3-6-19(18(25)13-16)30-35(2,33)34)20(32)7-4-15-5-8-21(23(26,27)28)29-22(15)31-11-9-17(24)10-12-31/h3,5-6,8,13-14,17,30H,4,7,9-12H2,1-2H3. The summed E-state index contributed by atoms with van der Waals surface area (Å²) in [5.74, 6) is -1.75. The van der Waals surface area contributed by atoms with Gasteiger partial charge in [-0.25, -0.2) is 22.2 Å². The average molecular weight is 520 g/mol. The second kappa shape index (κ2) is 10.5. The van der Waals surface area contributed by atoms with E-state index in [-0.39, 0.29) is 56.1 Å². The number of carbonyl (C=O) groups excluding carboxylic acids is 1. The van der Waals surface area contributed by atoms with Crippen molar-refractivity contribution in [3.63, 3.8) is 0 Å². The summed E-state index contributed by atoms with van der Waals surface area (Å²) in [5.41, 5.74) is -0.526. The number of aryl methyl sites for hydroxylation is 1. The van der Waals surface area contributed by atoms with E-state index in [1.54, 1.807) is 11.8 Å². The van der Waals surface area contributed by atoms with Crippen LogP contribution in [-0.2, 0) is 27.4 Å². The molecule has 1 unspecified atom stereocenters. The van der Waals surface area contributed by atoms with E-state index in [1.165, 1.54) is 18.2 Å². The Kier molecular flexibility index (Phi) is 8.03. The number of ketones is 1. The summed E-state index contributed by atoms with van der Waals surface area (Å²) in [6, 6.07) is 5.88. The molecule has 3 rings (SSSR count). The summed E-state index contributed by atoms with van der Waals surface area (Å²) in [4.78, 5) is 18.2. The predicted molar refractivity (Wildman–Crippen MR) is 122 cm³/mol. The number of halogens is 5. The number of Topliss-reactive ketones (excluding diaryl/α,β-unsaturated/α-hetero) is 1. The second-order valence-electron chi connectivity index (χ2n) is 8.64. The van der Waals surface area contributed by atoms with Gasteiger partial charge in [0.15, 0.2) is 0 Å². The normalized spacial score (nSPS) is 16.3. The molecule has 2 heterocycles. The van der Waals surface area contributed by atoms with E-state index in [0.29, 0.717) is 11.1 Å². The molecular formula is C23H26F5N3O3S. The van der Waals surface area contributed by atoms with Crippen molar-refractivity contribution < 1.29 is 35.2 Å². The summed E-state index contributed by atoms with van der Waals surface area (Å²) in [5, 5.41) is 0. The molecule has 0 aliphatic carbocycles. The molecule has 1 aromatic carbocycles. The number of alkyl halides is 4. The minimum Gasteiger partial charge on any atom is -0.356 e. The minimum atomic E-state index is -4.64. The number of anilines is 2. The molecule has 1 atom stereocenters. The SMILES string of the molecule is CC(C(=O)CCc1ccc(C(F)(F)F)nc1N1CCC(F)CC1)c1ccc(NS(C)(=O)=O)c(F)c1. The molecule has 1 aliphatic heterocycles. The van der Waals surface area contributed by atoms with Crippen LogP contribution < -0.4 is 9.62 Å². The molecule has 192 valence electrons. The summed E-state index contributed by atoms with van der Waals surface area (Å²) in [6.07, 6.45) is -4.33. The fourth-order valence-electron chi connectivity index (χ4n) is 3.91. The minimum absolute atomic E-state index is 0.0360. The third-order valence-electron chi connectivity index (χ3n) is 5.88. The quantitative estimate of drug-likeness (QED) is 0.505. The number of aromatic nitrogens is 1. The van der Waals surface area contributed by atoms with Crippen LogP contribution in [0.15, 0.2) is 30.3 Å². The van der Waals surface area contributed by atoms with Crippen LogP contribution in [0.4, 0.5) is 33.5 Å². The zero-order valence-electron chi connectivity index (χ0n) is 19.2. The monoisotopic (exact) mass is 519 g/mol. The number of piperidine rings is 1. The Bertz CT molecular complexity index is 1180. The van der Waals surface area contributed by atoms with Crippen LogP contribution in [0.2, 0.25) is 0 Å². The molecular weight excluding hydrogens is 493 g/mol. The first-order valence-corrected chi connectivity index (χ1v) is 12.9. The van der Waals surface area contributed by atoms with Crippen LogP contribution in [-0.4, -0.2) is 44.7 Å². The molecule has 1 fully saturated rings. The van der Waals surface area contributed by atoms with E-state index >= 15 is 0 Å². The molecule has 1 aromatic heterocycles. The number of nitrogens with zero attached hydrogens (tertiary/aromatic N) is 2. The molecule has 0 radical (unpaired) electrons. The highest BCUT2D eigenvalue weighted by atomic mass is 32.2. The molecule has 1 saturated heterocycles. The Hall–Kier alpha value is -2.76. The molecule has 1 aliphatic rings. The fourth-order valence-corrected chi connectivity index (χ4v) is 4.47. The van der Waals surface area contributed by atoms with E-state index in [1.807, 2.05) is 4.72 Å². The van der Waals surface area contributed by atoms with Gasteiger partial charge in [-0.2, -0.15) is 13.2 Å². The molecule has 0 amide bonds. The number of hydrogen-bond acceptors (Lipinski definition) is 5. The zero-order valence-corrected chi connectivity index (χ0v) is 20.0. The Morgan fingerprint density at radius 3 is 2.43 bits per heavy atom. The van der Waals surface area contributed by atoms with Crippen LogP contribution in [0, 0.1) is 5.82 Å². The van der Waals surface area contributed by atoms with Crippen molar-refractivity contribution >= 4 is 27.3 Å². The van der Waals surface area contributed by atoms with Crippen LogP contribution in [0.3, 0.4) is 0 Å². The molecule has 0 bridgehead atoms. The number of hydrogen-bond donors (Lipinski definition) is 1. The molecule has 1 N–H and O–H groups in total. The van der Waals surface area contributed by atoms with E-state index in [9.17, 15) is 35.2 Å². The van der Waals surface area contributed by atoms with Gasteiger partial charge in [0.05, 0.1) is 11.9 Å². The van der Waals surface area contributed by atoms with E-state index in [4.69, 9.17) is 0 Å². The molecule has 2 aromatic rings. The third-order valence-corrected chi connectivity index (χ3v) is 6.47. The van der Waals surface area contributed by atoms with Crippen molar-refractivity contribution in [3.05, 3.63) is 53.0 Å². The van der Waals surface area contributed by atoms with Gasteiger partial charge in [0.25, 0.3) is 0 Å². The lowest BCUT2D eigenvalue weighted by atomic mass is 9.92. The van der Waals surface area contributed by atoms with Crippen LogP contribution >= 0.6 is 0 Å². The lowest BCUT2D eigenvalue weighted by Crippen LogP contribution is -2.36. The Labute approximate surface area is 200 Å². The first kappa shape index (κ1) is 26.8. The number of sulfonamides is 1. The Morgan fingerprint density at radius 2 is 1.86 bits per heavy atom. The van der Waals surface area contributed by atoms with Crippen LogP contribution in [0.5, 0.6) is 0 Å². The predicted octanol–water partition coefficient (Wildman–Crippen LogP) is 4.85. The summed E-state index contributed by atoms with van der Waals surface area (Å²) in [7, 11) is -3.68.